The largest absolute Gasteiger partial charge is 0.491 e. The van der Waals surface area contributed by atoms with Crippen molar-refractivity contribution in [3.63, 3.8) is 0 Å². The molecule has 8 bridgehead atoms. The number of hydrogen-bond acceptors (Lipinski definition) is 5. The summed E-state index contributed by atoms with van der Waals surface area (Å²) in [5, 5.41) is 0. The van der Waals surface area contributed by atoms with Gasteiger partial charge in [0, 0.05) is 44.5 Å². The monoisotopic (exact) mass is 714 g/mol. The predicted molar refractivity (Wildman–Crippen MR) is 221 cm³/mol. The molecule has 0 amide bonds. The zero-order valence-corrected chi connectivity index (χ0v) is 31.7. The molecule has 7 nitrogen and oxygen atoms in total. The number of hydrogen-bond donors (Lipinski definition) is 2. The number of fused-ring (bicyclic) bond motifs is 8. The lowest BCUT2D eigenvalue weighted by Crippen LogP contribution is -2.05. The summed E-state index contributed by atoms with van der Waals surface area (Å²) in [5.74, 6) is 2.52. The molecule has 7 heteroatoms. The Balaban J connectivity index is 1.41. The van der Waals surface area contributed by atoms with E-state index in [0.717, 1.165) is 108 Å². The van der Waals surface area contributed by atoms with Crippen molar-refractivity contribution in [2.24, 2.45) is 0 Å². The topological polar surface area (TPSA) is 85.1 Å². The molecule has 6 aromatic rings. The summed E-state index contributed by atoms with van der Waals surface area (Å²) >= 11 is 0. The van der Waals surface area contributed by atoms with E-state index in [1.807, 2.05) is 77.9 Å². The molecule has 0 aliphatic carbocycles. The second kappa shape index (κ2) is 14.7. The van der Waals surface area contributed by atoms with Gasteiger partial charge in [-0.25, -0.2) is 4.98 Å². The van der Waals surface area contributed by atoms with Gasteiger partial charge < -0.3 is 24.2 Å². The minimum Gasteiger partial charge on any atom is -0.491 e. The van der Waals surface area contributed by atoms with E-state index in [1.54, 1.807) is 0 Å². The van der Waals surface area contributed by atoms with Gasteiger partial charge in [-0.05, 0) is 150 Å². The molecule has 54 heavy (non-hydrogen) atoms. The average molecular weight is 715 g/mol. The Bertz CT molecular complexity index is 2490. The first kappa shape index (κ1) is 35.0. The van der Waals surface area contributed by atoms with Crippen LogP contribution in [-0.2, 0) is 12.8 Å². The molecular weight excluding hydrogens is 669 g/mol. The van der Waals surface area contributed by atoms with E-state index >= 15 is 0 Å². The fourth-order valence-corrected chi connectivity index (χ4v) is 7.24. The number of benzene rings is 3. The van der Waals surface area contributed by atoms with Gasteiger partial charge in [-0.1, -0.05) is 36.4 Å². The summed E-state index contributed by atoms with van der Waals surface area (Å²) < 4.78 is 18.0. The molecule has 272 valence electrons. The van der Waals surface area contributed by atoms with Gasteiger partial charge in [-0.15, -0.1) is 0 Å². The van der Waals surface area contributed by atoms with Crippen LogP contribution in [0.4, 0.5) is 0 Å². The highest BCUT2D eigenvalue weighted by Crippen LogP contribution is 2.37. The number of rotatable bonds is 9. The Hall–Kier alpha value is -6.08. The van der Waals surface area contributed by atoms with Crippen LogP contribution in [0.5, 0.6) is 17.2 Å². The van der Waals surface area contributed by atoms with Crippen LogP contribution >= 0.6 is 0 Å². The number of aryl methyl sites for hydroxylation is 2. The maximum atomic E-state index is 6.02. The molecule has 0 spiro atoms. The number of nitrogens with zero attached hydrogens (tertiary/aromatic N) is 2. The number of ether oxygens (including phenoxy) is 3. The third kappa shape index (κ3) is 7.40. The minimum absolute atomic E-state index is 0.0821. The van der Waals surface area contributed by atoms with Gasteiger partial charge in [-0.2, -0.15) is 0 Å². The Kier molecular flexibility index (Phi) is 9.55. The van der Waals surface area contributed by atoms with Crippen LogP contribution in [0.25, 0.3) is 67.6 Å². The smallest absolute Gasteiger partial charge is 0.119 e. The van der Waals surface area contributed by atoms with Gasteiger partial charge >= 0.3 is 0 Å². The SMILES string of the molecule is CC(C)Oc1ccc(-c2c3nc(c(-c4ccc(OC(C)C)cc4)c4ccc([nH]4)c(-c4ccc(OC(C)C)cc4)c4nc(cc5ccc2[nH]5)CC4)C=C3)cc1. The highest BCUT2D eigenvalue weighted by atomic mass is 16.5. The lowest BCUT2D eigenvalue weighted by atomic mass is 10.0. The molecule has 0 fully saturated rings. The predicted octanol–water partition coefficient (Wildman–Crippen LogP) is 11.6. The average Bonchev–Trinajstić information content (AvgIpc) is 3.97. The lowest BCUT2D eigenvalue weighted by molar-refractivity contribution is 0.242. The molecule has 2 N–H and O–H groups in total. The highest BCUT2D eigenvalue weighted by molar-refractivity contribution is 5.96. The van der Waals surface area contributed by atoms with Gasteiger partial charge in [0.15, 0.2) is 0 Å². The van der Waals surface area contributed by atoms with Crippen LogP contribution < -0.4 is 14.2 Å². The van der Waals surface area contributed by atoms with Crippen molar-refractivity contribution in [1.29, 1.82) is 0 Å². The maximum absolute atomic E-state index is 6.02. The number of aromatic nitrogens is 4. The van der Waals surface area contributed by atoms with Crippen molar-refractivity contribution in [1.82, 2.24) is 19.9 Å². The third-order valence-corrected chi connectivity index (χ3v) is 9.41. The summed E-state index contributed by atoms with van der Waals surface area (Å²) in [6.45, 7) is 12.2. The molecule has 2 aliphatic heterocycles. The second-order valence-electron chi connectivity index (χ2n) is 14.7. The summed E-state index contributed by atoms with van der Waals surface area (Å²) in [4.78, 5) is 18.2. The number of H-pyrrole nitrogens is 2. The number of aromatic amines is 2. The Morgan fingerprint density at radius 3 is 1.37 bits per heavy atom. The van der Waals surface area contributed by atoms with Gasteiger partial charge in [-0.3, -0.25) is 4.98 Å². The first-order chi connectivity index (χ1) is 26.2. The third-order valence-electron chi connectivity index (χ3n) is 9.41. The van der Waals surface area contributed by atoms with Crippen LogP contribution in [0.15, 0.2) is 103 Å². The van der Waals surface area contributed by atoms with E-state index in [-0.39, 0.29) is 18.3 Å². The van der Waals surface area contributed by atoms with Crippen molar-refractivity contribution >= 4 is 34.2 Å². The molecule has 0 radical (unpaired) electrons. The van der Waals surface area contributed by atoms with E-state index in [1.165, 1.54) is 0 Å². The summed E-state index contributed by atoms with van der Waals surface area (Å²) in [6.07, 6.45) is 6.19. The second-order valence-corrected chi connectivity index (χ2v) is 14.7. The van der Waals surface area contributed by atoms with Crippen LogP contribution in [0.1, 0.15) is 64.3 Å². The molecule has 8 rings (SSSR count). The fourth-order valence-electron chi connectivity index (χ4n) is 7.24. The zero-order valence-electron chi connectivity index (χ0n) is 31.7. The quantitative estimate of drug-likeness (QED) is 0.155. The maximum Gasteiger partial charge on any atom is 0.119 e. The molecule has 5 heterocycles. The minimum atomic E-state index is 0.0821. The first-order valence-corrected chi connectivity index (χ1v) is 18.9. The molecule has 2 aliphatic rings. The van der Waals surface area contributed by atoms with Crippen molar-refractivity contribution in [3.05, 3.63) is 126 Å². The van der Waals surface area contributed by atoms with E-state index in [0.29, 0.717) is 0 Å². The lowest BCUT2D eigenvalue weighted by Gasteiger charge is -2.11. The van der Waals surface area contributed by atoms with Crippen LogP contribution in [0.2, 0.25) is 0 Å². The van der Waals surface area contributed by atoms with Crippen molar-refractivity contribution in [2.75, 3.05) is 0 Å². The molecule has 0 saturated heterocycles. The molecule has 3 aromatic heterocycles. The van der Waals surface area contributed by atoms with E-state index in [4.69, 9.17) is 24.2 Å². The zero-order chi connectivity index (χ0) is 37.3. The van der Waals surface area contributed by atoms with Crippen LogP contribution in [-0.4, -0.2) is 38.2 Å². The van der Waals surface area contributed by atoms with Crippen molar-refractivity contribution in [2.45, 2.75) is 72.7 Å². The van der Waals surface area contributed by atoms with Crippen LogP contribution in [0, 0.1) is 0 Å². The van der Waals surface area contributed by atoms with Gasteiger partial charge in [0.2, 0.25) is 0 Å². The van der Waals surface area contributed by atoms with Gasteiger partial charge in [0.25, 0.3) is 0 Å². The molecule has 0 unspecified atom stereocenters. The van der Waals surface area contributed by atoms with E-state index < -0.39 is 0 Å². The summed E-state index contributed by atoms with van der Waals surface area (Å²) in [5.41, 5.74) is 14.0. The van der Waals surface area contributed by atoms with Gasteiger partial charge in [0.05, 0.1) is 35.4 Å². The van der Waals surface area contributed by atoms with Gasteiger partial charge in [0.1, 0.15) is 17.2 Å². The molecular formula is C47H46N4O3. The normalized spacial score (nSPS) is 12.5. The van der Waals surface area contributed by atoms with E-state index in [2.05, 4.69) is 88.9 Å². The number of nitrogens with one attached hydrogen (secondary N) is 2. The molecule has 0 saturated carbocycles. The summed E-state index contributed by atoms with van der Waals surface area (Å²) in [7, 11) is 0. The van der Waals surface area contributed by atoms with Crippen molar-refractivity contribution in [3.8, 4) is 50.6 Å². The van der Waals surface area contributed by atoms with Crippen LogP contribution in [0.3, 0.4) is 0 Å². The fraction of sp³-hybridized carbons (Fsp3) is 0.234. The summed E-state index contributed by atoms with van der Waals surface area (Å²) in [6, 6.07) is 35.7. The standard InChI is InChI=1S/C47H46N4O3/c1-28(2)52-36-15-7-31(8-16-36)45-39-21-13-34(48-39)27-35-14-22-40(49-35)46(32-9-17-37(18-10-32)53-29(3)4)42-24-26-44(51-42)47(43-25-23-41(45)50-43)33-11-19-38(20-12-33)54-30(5)6/h7-13,15-21,23-30,48,51H,14,22H2,1-6H3. The Labute approximate surface area is 316 Å². The Morgan fingerprint density at radius 1 is 0.463 bits per heavy atom. The molecule has 0 atom stereocenters. The first-order valence-electron chi connectivity index (χ1n) is 18.9. The Morgan fingerprint density at radius 2 is 0.889 bits per heavy atom. The molecule has 3 aromatic carbocycles. The highest BCUT2D eigenvalue weighted by Gasteiger charge is 2.19. The van der Waals surface area contributed by atoms with E-state index in [9.17, 15) is 0 Å². The van der Waals surface area contributed by atoms with Crippen molar-refractivity contribution < 1.29 is 14.2 Å².